The number of nitrogens with one attached hydrogen (secondary N) is 1. The molecule has 14 heteroatoms. The molecular weight excluding hydrogens is 620 g/mol. The summed E-state index contributed by atoms with van der Waals surface area (Å²) in [4.78, 5) is 59.0. The van der Waals surface area contributed by atoms with Crippen molar-refractivity contribution in [2.75, 3.05) is 5.32 Å². The first-order chi connectivity index (χ1) is 20.5. The number of amides is 2. The first-order valence-electron chi connectivity index (χ1n) is 13.7. The highest BCUT2D eigenvalue weighted by Gasteiger charge is 2.64. The molecule has 13 nitrogen and oxygen atoms in total. The van der Waals surface area contributed by atoms with Crippen LogP contribution in [0.2, 0.25) is 0 Å². The number of Topliss-reactive ketones (excluding diaryl/α,β-unsaturated/α-hetero) is 1. The summed E-state index contributed by atoms with van der Waals surface area (Å²) >= 11 is 3.29. The molecule has 2 amide bonds. The topological polar surface area (TPSA) is 176 Å². The third-order valence-electron chi connectivity index (χ3n) is 8.23. The molecule has 6 rings (SSSR count). The Hall–Kier alpha value is -4.14. The molecule has 4 aromatic heterocycles. The summed E-state index contributed by atoms with van der Waals surface area (Å²) in [6.07, 6.45) is 4.46. The minimum atomic E-state index is -0.763. The molecular formula is C29H29BrN8O5. The summed E-state index contributed by atoms with van der Waals surface area (Å²) in [5.41, 5.74) is 2.05. The average molecular weight is 650 g/mol. The van der Waals surface area contributed by atoms with Gasteiger partial charge in [-0.2, -0.15) is 5.10 Å². The van der Waals surface area contributed by atoms with Crippen molar-refractivity contribution in [3.8, 4) is 11.3 Å². The Balaban J connectivity index is 1.33. The zero-order valence-corrected chi connectivity index (χ0v) is 25.3. The molecule has 0 spiro atoms. The molecule has 1 aliphatic heterocycles. The second-order valence-corrected chi connectivity index (χ2v) is 12.1. The smallest absolute Gasteiger partial charge is 0.248 e. The van der Waals surface area contributed by atoms with Gasteiger partial charge in [0.1, 0.15) is 34.5 Å². The molecule has 1 saturated carbocycles. The molecule has 0 bridgehead atoms. The van der Waals surface area contributed by atoms with Gasteiger partial charge in [-0.1, -0.05) is 13.0 Å². The van der Waals surface area contributed by atoms with Crippen LogP contribution in [0, 0.1) is 12.3 Å². The van der Waals surface area contributed by atoms with Crippen LogP contribution in [0.4, 0.5) is 5.82 Å². The zero-order valence-electron chi connectivity index (χ0n) is 23.7. The largest absolute Gasteiger partial charge is 0.392 e. The predicted octanol–water partition coefficient (Wildman–Crippen LogP) is 2.56. The number of aliphatic hydroxyl groups excluding tert-OH is 2. The van der Waals surface area contributed by atoms with E-state index in [1.807, 2.05) is 6.92 Å². The van der Waals surface area contributed by atoms with Crippen LogP contribution in [0.1, 0.15) is 54.3 Å². The predicted molar refractivity (Wildman–Crippen MR) is 157 cm³/mol. The van der Waals surface area contributed by atoms with Crippen LogP contribution in [0.3, 0.4) is 0 Å². The maximum atomic E-state index is 13.9. The Morgan fingerprint density at radius 3 is 2.53 bits per heavy atom. The molecule has 5 heterocycles. The van der Waals surface area contributed by atoms with E-state index < -0.39 is 18.6 Å². The number of hydrogen-bond donors (Lipinski definition) is 3. The number of ketones is 1. The van der Waals surface area contributed by atoms with E-state index in [4.69, 9.17) is 0 Å². The SMILES string of the molecule is CC(=O)c1nn(CC(=O)N2[C@H](C(=O)Nc3nc(Br)ccc3CO)C[C@@]3(C)C[C@@H]23)c2c(CO)nc(-c3cnc(C)nc3)cc12. The minimum absolute atomic E-state index is 0.124. The van der Waals surface area contributed by atoms with Crippen LogP contribution >= 0.6 is 15.9 Å². The number of pyridine rings is 2. The van der Waals surface area contributed by atoms with E-state index in [2.05, 4.69) is 46.3 Å². The molecule has 2 fully saturated rings. The quantitative estimate of drug-likeness (QED) is 0.190. The molecule has 222 valence electrons. The van der Waals surface area contributed by atoms with E-state index in [0.717, 1.165) is 6.42 Å². The number of carbonyl (C=O) groups excluding carboxylic acids is 3. The van der Waals surface area contributed by atoms with Gasteiger partial charge >= 0.3 is 0 Å². The van der Waals surface area contributed by atoms with Gasteiger partial charge in [-0.05, 0) is 53.2 Å². The first-order valence-corrected chi connectivity index (χ1v) is 14.5. The maximum absolute atomic E-state index is 13.9. The lowest BCUT2D eigenvalue weighted by Crippen LogP contribution is -2.47. The second-order valence-electron chi connectivity index (χ2n) is 11.3. The number of likely N-dealkylation sites (tertiary alicyclic amines) is 1. The van der Waals surface area contributed by atoms with Crippen molar-refractivity contribution in [2.45, 2.75) is 65.5 Å². The maximum Gasteiger partial charge on any atom is 0.248 e. The lowest BCUT2D eigenvalue weighted by atomic mass is 10.0. The minimum Gasteiger partial charge on any atom is -0.392 e. The molecule has 0 radical (unpaired) electrons. The molecule has 0 unspecified atom stereocenters. The van der Waals surface area contributed by atoms with E-state index in [9.17, 15) is 24.6 Å². The Morgan fingerprint density at radius 2 is 1.86 bits per heavy atom. The molecule has 1 aliphatic carbocycles. The van der Waals surface area contributed by atoms with Crippen molar-refractivity contribution in [1.29, 1.82) is 0 Å². The lowest BCUT2D eigenvalue weighted by molar-refractivity contribution is -0.138. The van der Waals surface area contributed by atoms with Crippen LogP contribution in [-0.2, 0) is 29.3 Å². The van der Waals surface area contributed by atoms with Gasteiger partial charge in [0.25, 0.3) is 0 Å². The Bertz CT molecular complexity index is 1790. The third-order valence-corrected chi connectivity index (χ3v) is 8.67. The van der Waals surface area contributed by atoms with Gasteiger partial charge in [0.15, 0.2) is 5.78 Å². The molecule has 2 aliphatic rings. The number of carbonyl (C=O) groups is 3. The van der Waals surface area contributed by atoms with Crippen molar-refractivity contribution in [3.63, 3.8) is 0 Å². The summed E-state index contributed by atoms with van der Waals surface area (Å²) in [6.45, 7) is 4.15. The van der Waals surface area contributed by atoms with Crippen molar-refractivity contribution in [3.05, 3.63) is 58.0 Å². The molecule has 3 atom stereocenters. The van der Waals surface area contributed by atoms with Gasteiger partial charge in [-0.15, -0.1) is 0 Å². The number of nitrogens with zero attached hydrogens (tertiary/aromatic N) is 7. The summed E-state index contributed by atoms with van der Waals surface area (Å²) < 4.78 is 1.88. The van der Waals surface area contributed by atoms with Crippen LogP contribution < -0.4 is 5.32 Å². The number of anilines is 1. The number of halogens is 1. The van der Waals surface area contributed by atoms with Crippen molar-refractivity contribution in [2.24, 2.45) is 5.41 Å². The van der Waals surface area contributed by atoms with Crippen LogP contribution in [0.15, 0.2) is 35.2 Å². The fourth-order valence-electron chi connectivity index (χ4n) is 5.91. The second kappa shape index (κ2) is 10.8. The van der Waals surface area contributed by atoms with Crippen molar-refractivity contribution >= 4 is 50.2 Å². The van der Waals surface area contributed by atoms with Gasteiger partial charge < -0.3 is 20.4 Å². The van der Waals surface area contributed by atoms with Crippen molar-refractivity contribution in [1.82, 2.24) is 34.6 Å². The summed E-state index contributed by atoms with van der Waals surface area (Å²) in [7, 11) is 0. The van der Waals surface area contributed by atoms with Crippen LogP contribution in [0.5, 0.6) is 0 Å². The number of hydrogen-bond acceptors (Lipinski definition) is 10. The Morgan fingerprint density at radius 1 is 1.12 bits per heavy atom. The van der Waals surface area contributed by atoms with Gasteiger partial charge in [-0.3, -0.25) is 19.1 Å². The molecule has 0 aromatic carbocycles. The highest BCUT2D eigenvalue weighted by atomic mass is 79.9. The number of aromatic nitrogens is 6. The number of piperidine rings is 1. The number of rotatable bonds is 8. The Kier molecular flexibility index (Phi) is 7.30. The fraction of sp³-hybridized carbons (Fsp3) is 0.379. The van der Waals surface area contributed by atoms with E-state index in [-0.39, 0.29) is 53.5 Å². The normalized spacial score (nSPS) is 20.7. The number of aryl methyl sites for hydroxylation is 1. The summed E-state index contributed by atoms with van der Waals surface area (Å²) in [6, 6.07) is 4.12. The molecule has 1 saturated heterocycles. The van der Waals surface area contributed by atoms with Gasteiger partial charge in [-0.25, -0.2) is 19.9 Å². The summed E-state index contributed by atoms with van der Waals surface area (Å²) in [5, 5.41) is 27.7. The first kappa shape index (κ1) is 29.0. The molecule has 4 aromatic rings. The molecule has 3 N–H and O–H groups in total. The third kappa shape index (κ3) is 5.19. The van der Waals surface area contributed by atoms with Crippen LogP contribution in [0.25, 0.3) is 22.2 Å². The lowest BCUT2D eigenvalue weighted by Gasteiger charge is -2.27. The fourth-order valence-corrected chi connectivity index (χ4v) is 6.22. The standard InChI is InChI=1S/C29H29BrN8O5/c1-14(41)25-18-6-19(17-9-31-15(2)32-10-17)33-20(13-40)26(18)37(36-25)11-24(42)38-21(7-29(3)8-22(29)38)28(43)35-27-16(12-39)4-5-23(30)34-27/h4-6,9-10,21-22,39-40H,7-8,11-13H2,1-3H3,(H,34,35,43)/t21-,22+,29-/m0/s1. The average Bonchev–Trinajstić information content (AvgIpc) is 3.33. The van der Waals surface area contributed by atoms with Gasteiger partial charge in [0, 0.05) is 41.9 Å². The van der Waals surface area contributed by atoms with E-state index >= 15 is 0 Å². The van der Waals surface area contributed by atoms with Gasteiger partial charge in [0.05, 0.1) is 30.1 Å². The summed E-state index contributed by atoms with van der Waals surface area (Å²) in [5.74, 6) is -0.260. The van der Waals surface area contributed by atoms with E-state index in [1.165, 1.54) is 11.6 Å². The zero-order chi connectivity index (χ0) is 30.6. The van der Waals surface area contributed by atoms with E-state index in [1.54, 1.807) is 42.4 Å². The van der Waals surface area contributed by atoms with Crippen molar-refractivity contribution < 1.29 is 24.6 Å². The van der Waals surface area contributed by atoms with E-state index in [0.29, 0.717) is 44.6 Å². The van der Waals surface area contributed by atoms with Crippen LogP contribution in [-0.4, -0.2) is 74.5 Å². The Labute approximate surface area is 254 Å². The highest BCUT2D eigenvalue weighted by Crippen LogP contribution is 2.59. The highest BCUT2D eigenvalue weighted by molar-refractivity contribution is 9.10. The van der Waals surface area contributed by atoms with Gasteiger partial charge in [0.2, 0.25) is 11.8 Å². The molecule has 43 heavy (non-hydrogen) atoms. The monoisotopic (exact) mass is 648 g/mol. The number of fused-ring (bicyclic) bond motifs is 2. The number of aliphatic hydroxyl groups is 2.